The molecule has 20 heavy (non-hydrogen) atoms. The Morgan fingerprint density at radius 3 is 2.75 bits per heavy atom. The van der Waals surface area contributed by atoms with E-state index in [0.717, 1.165) is 24.9 Å². The van der Waals surface area contributed by atoms with Crippen molar-refractivity contribution in [2.75, 3.05) is 16.8 Å². The molecule has 1 N–H and O–H groups in total. The molecule has 1 fully saturated rings. The van der Waals surface area contributed by atoms with E-state index in [2.05, 4.69) is 11.4 Å². The van der Waals surface area contributed by atoms with Crippen LogP contribution in [0.2, 0.25) is 0 Å². The molecule has 108 valence electrons. The fourth-order valence-corrected chi connectivity index (χ4v) is 4.88. The first-order valence-electron chi connectivity index (χ1n) is 7.17. The third kappa shape index (κ3) is 2.73. The van der Waals surface area contributed by atoms with Crippen LogP contribution in [-0.2, 0) is 27.5 Å². The molecule has 1 heterocycles. The van der Waals surface area contributed by atoms with Crippen molar-refractivity contribution in [3.8, 4) is 0 Å². The Morgan fingerprint density at radius 2 is 2.00 bits per heavy atom. The topological polar surface area (TPSA) is 63.2 Å². The molecular formula is C15H19NO3S. The van der Waals surface area contributed by atoms with Crippen LogP contribution < -0.4 is 5.32 Å². The van der Waals surface area contributed by atoms with Gasteiger partial charge in [-0.1, -0.05) is 12.1 Å². The zero-order chi connectivity index (χ0) is 14.2. The van der Waals surface area contributed by atoms with E-state index in [9.17, 15) is 13.2 Å². The van der Waals surface area contributed by atoms with E-state index in [1.807, 2.05) is 12.1 Å². The van der Waals surface area contributed by atoms with Gasteiger partial charge in [-0.05, 0) is 49.3 Å². The lowest BCUT2D eigenvalue weighted by Gasteiger charge is -2.20. The van der Waals surface area contributed by atoms with E-state index in [-0.39, 0.29) is 23.3 Å². The first-order chi connectivity index (χ1) is 9.55. The summed E-state index contributed by atoms with van der Waals surface area (Å²) in [5.41, 5.74) is 3.41. The summed E-state index contributed by atoms with van der Waals surface area (Å²) >= 11 is 0. The predicted octanol–water partition coefficient (Wildman–Crippen LogP) is 1.94. The molecule has 1 aromatic carbocycles. The Morgan fingerprint density at radius 1 is 1.20 bits per heavy atom. The van der Waals surface area contributed by atoms with Crippen LogP contribution >= 0.6 is 0 Å². The molecule has 0 bridgehead atoms. The highest BCUT2D eigenvalue weighted by molar-refractivity contribution is 7.91. The minimum atomic E-state index is -3.01. The van der Waals surface area contributed by atoms with E-state index in [4.69, 9.17) is 0 Å². The lowest BCUT2D eigenvalue weighted by molar-refractivity contribution is -0.119. The lowest BCUT2D eigenvalue weighted by atomic mass is 9.90. The minimum absolute atomic E-state index is 0.00609. The number of hydrogen-bond acceptors (Lipinski definition) is 3. The zero-order valence-corrected chi connectivity index (χ0v) is 12.2. The van der Waals surface area contributed by atoms with Gasteiger partial charge in [-0.25, -0.2) is 8.42 Å². The number of carbonyl (C=O) groups excluding carboxylic acids is 1. The van der Waals surface area contributed by atoms with Crippen LogP contribution in [0.1, 0.15) is 30.4 Å². The number of sulfone groups is 1. The first-order valence-corrected chi connectivity index (χ1v) is 8.99. The largest absolute Gasteiger partial charge is 0.326 e. The molecule has 1 atom stereocenters. The standard InChI is InChI=1S/C15H19NO3S/c17-15(12-8-9-20(18,19)10-12)16-14-7-3-5-11-4-1-2-6-13(11)14/h3,5,7,12H,1-2,4,6,8-10H2,(H,16,17). The molecule has 1 saturated heterocycles. The summed E-state index contributed by atoms with van der Waals surface area (Å²) < 4.78 is 22.9. The third-order valence-electron chi connectivity index (χ3n) is 4.26. The van der Waals surface area contributed by atoms with Gasteiger partial charge in [0.15, 0.2) is 9.84 Å². The van der Waals surface area contributed by atoms with Crippen molar-refractivity contribution in [1.82, 2.24) is 0 Å². The van der Waals surface area contributed by atoms with Crippen molar-refractivity contribution in [3.63, 3.8) is 0 Å². The van der Waals surface area contributed by atoms with Gasteiger partial charge in [0.05, 0.1) is 17.4 Å². The van der Waals surface area contributed by atoms with Crippen LogP contribution in [-0.4, -0.2) is 25.8 Å². The molecule has 0 saturated carbocycles. The van der Waals surface area contributed by atoms with Crippen molar-refractivity contribution < 1.29 is 13.2 Å². The number of anilines is 1. The Balaban J connectivity index is 1.77. The van der Waals surface area contributed by atoms with Gasteiger partial charge in [-0.2, -0.15) is 0 Å². The van der Waals surface area contributed by atoms with Crippen molar-refractivity contribution in [2.45, 2.75) is 32.1 Å². The van der Waals surface area contributed by atoms with Crippen molar-refractivity contribution in [3.05, 3.63) is 29.3 Å². The molecule has 1 aliphatic heterocycles. The van der Waals surface area contributed by atoms with Gasteiger partial charge in [0.2, 0.25) is 5.91 Å². The summed E-state index contributed by atoms with van der Waals surface area (Å²) in [6, 6.07) is 6.00. The summed E-state index contributed by atoms with van der Waals surface area (Å²) in [4.78, 5) is 12.2. The second-order valence-electron chi connectivity index (χ2n) is 5.74. The van der Waals surface area contributed by atoms with E-state index < -0.39 is 9.84 Å². The minimum Gasteiger partial charge on any atom is -0.326 e. The number of aryl methyl sites for hydroxylation is 1. The predicted molar refractivity (Wildman–Crippen MR) is 78.5 cm³/mol. The van der Waals surface area contributed by atoms with Crippen molar-refractivity contribution in [1.29, 1.82) is 0 Å². The lowest BCUT2D eigenvalue weighted by Crippen LogP contribution is -2.24. The van der Waals surface area contributed by atoms with E-state index >= 15 is 0 Å². The van der Waals surface area contributed by atoms with Gasteiger partial charge in [0, 0.05) is 5.69 Å². The fraction of sp³-hybridized carbons (Fsp3) is 0.533. The molecule has 3 rings (SSSR count). The Hall–Kier alpha value is -1.36. The van der Waals surface area contributed by atoms with Crippen LogP contribution in [0, 0.1) is 5.92 Å². The molecule has 2 aliphatic rings. The molecule has 1 aliphatic carbocycles. The van der Waals surface area contributed by atoms with E-state index in [1.54, 1.807) is 0 Å². The van der Waals surface area contributed by atoms with Crippen LogP contribution in [0.3, 0.4) is 0 Å². The zero-order valence-electron chi connectivity index (χ0n) is 11.4. The van der Waals surface area contributed by atoms with Crippen LogP contribution in [0.25, 0.3) is 0 Å². The number of carbonyl (C=O) groups is 1. The fourth-order valence-electron chi connectivity index (χ4n) is 3.14. The highest BCUT2D eigenvalue weighted by Crippen LogP contribution is 2.29. The number of nitrogens with one attached hydrogen (secondary N) is 1. The van der Waals surface area contributed by atoms with Crippen LogP contribution in [0.4, 0.5) is 5.69 Å². The molecule has 0 spiro atoms. The molecule has 5 heteroatoms. The Bertz CT molecular complexity index is 637. The van der Waals surface area contributed by atoms with Gasteiger partial charge in [0.1, 0.15) is 0 Å². The van der Waals surface area contributed by atoms with Gasteiger partial charge in [-0.3, -0.25) is 4.79 Å². The molecular weight excluding hydrogens is 274 g/mol. The van der Waals surface area contributed by atoms with E-state index in [1.165, 1.54) is 17.5 Å². The number of fused-ring (bicyclic) bond motifs is 1. The highest BCUT2D eigenvalue weighted by atomic mass is 32.2. The summed E-state index contributed by atoms with van der Waals surface area (Å²) in [7, 11) is -3.01. The third-order valence-corrected chi connectivity index (χ3v) is 6.02. The quantitative estimate of drug-likeness (QED) is 0.906. The first kappa shape index (κ1) is 13.6. The second kappa shape index (κ2) is 5.20. The number of benzene rings is 1. The maximum atomic E-state index is 12.2. The monoisotopic (exact) mass is 293 g/mol. The normalized spacial score (nSPS) is 24.1. The van der Waals surface area contributed by atoms with Crippen LogP contribution in [0.5, 0.6) is 0 Å². The summed E-state index contributed by atoms with van der Waals surface area (Å²) in [6.45, 7) is 0. The maximum absolute atomic E-state index is 12.2. The van der Waals surface area contributed by atoms with Gasteiger partial charge in [-0.15, -0.1) is 0 Å². The van der Waals surface area contributed by atoms with Crippen molar-refractivity contribution in [2.24, 2.45) is 5.92 Å². The maximum Gasteiger partial charge on any atom is 0.228 e. The number of amides is 1. The van der Waals surface area contributed by atoms with Gasteiger partial charge >= 0.3 is 0 Å². The molecule has 1 amide bonds. The molecule has 1 aromatic rings. The van der Waals surface area contributed by atoms with Gasteiger partial charge < -0.3 is 5.32 Å². The molecule has 1 unspecified atom stereocenters. The number of rotatable bonds is 2. The summed E-state index contributed by atoms with van der Waals surface area (Å²) in [5, 5.41) is 2.95. The molecule has 0 aromatic heterocycles. The van der Waals surface area contributed by atoms with Crippen LogP contribution in [0.15, 0.2) is 18.2 Å². The van der Waals surface area contributed by atoms with E-state index in [0.29, 0.717) is 6.42 Å². The summed E-state index contributed by atoms with van der Waals surface area (Å²) in [5.74, 6) is -0.407. The SMILES string of the molecule is O=C(Nc1cccc2c1CCCC2)C1CCS(=O)(=O)C1. The average molecular weight is 293 g/mol. The van der Waals surface area contributed by atoms with Gasteiger partial charge in [0.25, 0.3) is 0 Å². The van der Waals surface area contributed by atoms with Crippen molar-refractivity contribution >= 4 is 21.4 Å². The molecule has 4 nitrogen and oxygen atoms in total. The Kier molecular flexibility index (Phi) is 3.54. The average Bonchev–Trinajstić information content (AvgIpc) is 2.80. The molecule has 0 radical (unpaired) electrons. The second-order valence-corrected chi connectivity index (χ2v) is 7.97. The summed E-state index contributed by atoms with van der Waals surface area (Å²) in [6.07, 6.45) is 4.86. The Labute approximate surface area is 119 Å². The number of hydrogen-bond donors (Lipinski definition) is 1. The highest BCUT2D eigenvalue weighted by Gasteiger charge is 2.33. The smallest absolute Gasteiger partial charge is 0.228 e.